The van der Waals surface area contributed by atoms with Crippen molar-refractivity contribution in [3.63, 3.8) is 0 Å². The number of hydrazone groups is 1. The molecule has 1 aromatic carbocycles. The SMILES string of the molecule is COc1cc(/C=N/NC(=S)N[C@H]2C[C@H]3C[C@@H]2[C@H]2C=CC[C@H]32)ccc1O. The van der Waals surface area contributed by atoms with Crippen molar-refractivity contribution in [2.45, 2.75) is 25.3 Å². The molecule has 6 heteroatoms. The van der Waals surface area contributed by atoms with Gasteiger partial charge in [-0.05, 0) is 78.9 Å². The normalized spacial score (nSPS) is 32.1. The summed E-state index contributed by atoms with van der Waals surface area (Å²) in [6.07, 6.45) is 10.2. The fourth-order valence-corrected chi connectivity index (χ4v) is 5.06. The lowest BCUT2D eigenvalue weighted by Gasteiger charge is -2.32. The first-order chi connectivity index (χ1) is 12.2. The molecule has 4 rings (SSSR count). The van der Waals surface area contributed by atoms with Crippen molar-refractivity contribution in [3.05, 3.63) is 35.9 Å². The van der Waals surface area contributed by atoms with Crippen molar-refractivity contribution < 1.29 is 9.84 Å². The summed E-state index contributed by atoms with van der Waals surface area (Å²) in [5, 5.41) is 17.8. The van der Waals surface area contributed by atoms with Crippen molar-refractivity contribution in [1.29, 1.82) is 0 Å². The van der Waals surface area contributed by atoms with Crippen molar-refractivity contribution in [3.8, 4) is 11.5 Å². The molecule has 0 spiro atoms. The number of fused-ring (bicyclic) bond motifs is 5. The van der Waals surface area contributed by atoms with Gasteiger partial charge in [-0.15, -0.1) is 0 Å². The van der Waals surface area contributed by atoms with Gasteiger partial charge in [-0.1, -0.05) is 12.2 Å². The van der Waals surface area contributed by atoms with Crippen molar-refractivity contribution in [2.75, 3.05) is 7.11 Å². The molecular weight excluding hydrogens is 334 g/mol. The first-order valence-corrected chi connectivity index (χ1v) is 9.20. The predicted octanol–water partition coefficient (Wildman–Crippen LogP) is 2.80. The van der Waals surface area contributed by atoms with Gasteiger partial charge in [0.15, 0.2) is 16.6 Å². The molecule has 132 valence electrons. The standard InChI is InChI=1S/C19H23N3O2S/c1-24-18-7-11(5-6-17(18)23)10-20-22-19(25)21-16-9-12-8-15(16)14-4-2-3-13(12)14/h2,4-7,10,12-16,23H,3,8-9H2,1H3,(H2,21,22,25)/b20-10+/t12-,13-,14+,15-,16+/m1/s1. The highest BCUT2D eigenvalue weighted by Crippen LogP contribution is 2.56. The quantitative estimate of drug-likeness (QED) is 0.335. The number of methoxy groups -OCH3 is 1. The van der Waals surface area contributed by atoms with Crippen LogP contribution in [-0.4, -0.2) is 29.6 Å². The van der Waals surface area contributed by atoms with Gasteiger partial charge >= 0.3 is 0 Å². The Morgan fingerprint density at radius 2 is 2.24 bits per heavy atom. The molecule has 2 fully saturated rings. The fourth-order valence-electron chi connectivity index (χ4n) is 4.85. The van der Waals surface area contributed by atoms with Crippen LogP contribution >= 0.6 is 12.2 Å². The largest absolute Gasteiger partial charge is 0.504 e. The van der Waals surface area contributed by atoms with Gasteiger partial charge < -0.3 is 15.2 Å². The Kier molecular flexibility index (Phi) is 4.37. The number of aromatic hydroxyl groups is 1. The Morgan fingerprint density at radius 1 is 1.36 bits per heavy atom. The first-order valence-electron chi connectivity index (χ1n) is 8.79. The number of hydrogen-bond acceptors (Lipinski definition) is 4. The summed E-state index contributed by atoms with van der Waals surface area (Å²) in [4.78, 5) is 0. The molecule has 3 N–H and O–H groups in total. The lowest BCUT2D eigenvalue weighted by atomic mass is 9.79. The Labute approximate surface area is 153 Å². The highest BCUT2D eigenvalue weighted by molar-refractivity contribution is 7.80. The Balaban J connectivity index is 1.30. The molecule has 0 unspecified atom stereocenters. The maximum Gasteiger partial charge on any atom is 0.187 e. The summed E-state index contributed by atoms with van der Waals surface area (Å²) >= 11 is 5.39. The van der Waals surface area contributed by atoms with Crippen LogP contribution in [0.25, 0.3) is 0 Å². The van der Waals surface area contributed by atoms with E-state index in [2.05, 4.69) is 28.0 Å². The summed E-state index contributed by atoms with van der Waals surface area (Å²) in [7, 11) is 1.52. The van der Waals surface area contributed by atoms with Gasteiger partial charge in [0.25, 0.3) is 0 Å². The Hall–Kier alpha value is -2.08. The molecule has 0 amide bonds. The molecule has 5 nitrogen and oxygen atoms in total. The smallest absolute Gasteiger partial charge is 0.187 e. The van der Waals surface area contributed by atoms with E-state index in [1.54, 1.807) is 24.4 Å². The maximum absolute atomic E-state index is 9.60. The van der Waals surface area contributed by atoms with Gasteiger partial charge in [-0.2, -0.15) is 5.10 Å². The number of thiocarbonyl (C=S) groups is 1. The van der Waals surface area contributed by atoms with Crippen molar-refractivity contribution in [2.24, 2.45) is 28.8 Å². The number of hydrogen-bond donors (Lipinski definition) is 3. The number of phenolic OH excluding ortho intramolecular Hbond substituents is 1. The highest BCUT2D eigenvalue weighted by atomic mass is 32.1. The van der Waals surface area contributed by atoms with Gasteiger partial charge in [0.05, 0.1) is 13.3 Å². The summed E-state index contributed by atoms with van der Waals surface area (Å²) in [6.45, 7) is 0. The first kappa shape index (κ1) is 16.4. The van der Waals surface area contributed by atoms with Crippen LogP contribution in [0.3, 0.4) is 0 Å². The van der Waals surface area contributed by atoms with Gasteiger partial charge in [0.1, 0.15) is 0 Å². The van der Waals surface area contributed by atoms with E-state index in [1.165, 1.54) is 26.4 Å². The van der Waals surface area contributed by atoms with E-state index in [9.17, 15) is 5.11 Å². The van der Waals surface area contributed by atoms with Crippen LogP contribution in [0.4, 0.5) is 0 Å². The molecule has 0 radical (unpaired) electrons. The Morgan fingerprint density at radius 3 is 3.08 bits per heavy atom. The molecule has 0 heterocycles. The topological polar surface area (TPSA) is 65.9 Å². The molecule has 5 atom stereocenters. The van der Waals surface area contributed by atoms with Crippen molar-refractivity contribution >= 4 is 23.5 Å². The number of phenols is 1. The summed E-state index contributed by atoms with van der Waals surface area (Å²) in [5.41, 5.74) is 3.72. The van der Waals surface area contributed by atoms with Gasteiger partial charge in [-0.3, -0.25) is 5.43 Å². The van der Waals surface area contributed by atoms with E-state index in [4.69, 9.17) is 17.0 Å². The molecule has 0 aromatic heterocycles. The third kappa shape index (κ3) is 3.11. The van der Waals surface area contributed by atoms with E-state index in [0.717, 1.165) is 23.3 Å². The molecule has 3 aliphatic rings. The second kappa shape index (κ2) is 6.67. The average molecular weight is 357 g/mol. The third-order valence-corrected chi connectivity index (χ3v) is 6.12. The average Bonchev–Trinajstić information content (AvgIpc) is 3.29. The molecule has 25 heavy (non-hydrogen) atoms. The minimum atomic E-state index is 0.111. The van der Waals surface area contributed by atoms with Crippen LogP contribution in [0, 0.1) is 23.7 Å². The van der Waals surface area contributed by atoms with Crippen LogP contribution < -0.4 is 15.5 Å². The summed E-state index contributed by atoms with van der Waals surface area (Å²) in [6, 6.07) is 5.52. The molecule has 2 saturated carbocycles. The molecular formula is C19H23N3O2S. The number of nitrogens with one attached hydrogen (secondary N) is 2. The lowest BCUT2D eigenvalue weighted by Crippen LogP contribution is -2.45. The summed E-state index contributed by atoms with van der Waals surface area (Å²) in [5.74, 6) is 3.71. The van der Waals surface area contributed by atoms with Crippen LogP contribution in [0.15, 0.2) is 35.5 Å². The monoisotopic (exact) mass is 357 g/mol. The molecule has 0 saturated heterocycles. The highest BCUT2D eigenvalue weighted by Gasteiger charge is 2.52. The van der Waals surface area contributed by atoms with E-state index in [0.29, 0.717) is 22.8 Å². The Bertz CT molecular complexity index is 733. The van der Waals surface area contributed by atoms with Crippen LogP contribution in [0.2, 0.25) is 0 Å². The number of benzene rings is 1. The predicted molar refractivity (Wildman–Crippen MR) is 102 cm³/mol. The van der Waals surface area contributed by atoms with Crippen LogP contribution in [-0.2, 0) is 0 Å². The minimum absolute atomic E-state index is 0.111. The van der Waals surface area contributed by atoms with E-state index in [1.807, 2.05) is 0 Å². The maximum atomic E-state index is 9.60. The summed E-state index contributed by atoms with van der Waals surface area (Å²) < 4.78 is 5.09. The van der Waals surface area contributed by atoms with E-state index >= 15 is 0 Å². The second-order valence-corrected chi connectivity index (χ2v) is 7.59. The number of rotatable bonds is 4. The van der Waals surface area contributed by atoms with Crippen LogP contribution in [0.1, 0.15) is 24.8 Å². The lowest BCUT2D eigenvalue weighted by molar-refractivity contribution is 0.246. The van der Waals surface area contributed by atoms with Gasteiger partial charge in [0.2, 0.25) is 0 Å². The van der Waals surface area contributed by atoms with Gasteiger partial charge in [-0.25, -0.2) is 0 Å². The molecule has 0 aliphatic heterocycles. The molecule has 3 aliphatic carbocycles. The third-order valence-electron chi connectivity index (χ3n) is 5.91. The van der Waals surface area contributed by atoms with E-state index < -0.39 is 0 Å². The number of ether oxygens (including phenoxy) is 1. The second-order valence-electron chi connectivity index (χ2n) is 7.18. The van der Waals surface area contributed by atoms with E-state index in [-0.39, 0.29) is 5.75 Å². The minimum Gasteiger partial charge on any atom is -0.504 e. The zero-order valence-electron chi connectivity index (χ0n) is 14.2. The fraction of sp³-hybridized carbons (Fsp3) is 0.474. The van der Waals surface area contributed by atoms with Gasteiger partial charge in [0, 0.05) is 6.04 Å². The van der Waals surface area contributed by atoms with Crippen molar-refractivity contribution in [1.82, 2.24) is 10.7 Å². The number of nitrogens with zero attached hydrogens (tertiary/aromatic N) is 1. The zero-order chi connectivity index (χ0) is 17.4. The number of allylic oxidation sites excluding steroid dienone is 2. The molecule has 2 bridgehead atoms. The zero-order valence-corrected chi connectivity index (χ0v) is 15.0. The van der Waals surface area contributed by atoms with Crippen LogP contribution in [0.5, 0.6) is 11.5 Å². The molecule has 1 aromatic rings.